The molecule has 0 amide bonds. The van der Waals surface area contributed by atoms with Gasteiger partial charge >= 0.3 is 6.18 Å². The third-order valence-corrected chi connectivity index (χ3v) is 9.11. The van der Waals surface area contributed by atoms with Gasteiger partial charge in [0, 0.05) is 74.8 Å². The molecule has 3 aromatic heterocycles. The molecule has 0 saturated carbocycles. The molecule has 0 atom stereocenters. The van der Waals surface area contributed by atoms with Crippen molar-refractivity contribution >= 4 is 17.5 Å². The van der Waals surface area contributed by atoms with Gasteiger partial charge in [0.1, 0.15) is 5.82 Å². The summed E-state index contributed by atoms with van der Waals surface area (Å²) in [4.78, 5) is 27.7. The zero-order chi connectivity index (χ0) is 31.4. The Morgan fingerprint density at radius 3 is 2.18 bits per heavy atom. The normalized spacial score (nSPS) is 17.4. The van der Waals surface area contributed by atoms with Crippen LogP contribution in [0.25, 0.3) is 11.3 Å². The second kappa shape index (κ2) is 13.5. The van der Waals surface area contributed by atoms with Gasteiger partial charge in [-0.25, -0.2) is 15.0 Å². The number of rotatable bonds is 8. The Labute approximate surface area is 262 Å². The minimum absolute atomic E-state index is 0.217. The van der Waals surface area contributed by atoms with Crippen molar-refractivity contribution in [3.05, 3.63) is 90.5 Å². The lowest BCUT2D eigenvalue weighted by atomic mass is 9.97. The molecular weight excluding hydrogens is 577 g/mol. The summed E-state index contributed by atoms with van der Waals surface area (Å²) in [6.07, 6.45) is 7.10. The average Bonchev–Trinajstić information content (AvgIpc) is 3.08. The van der Waals surface area contributed by atoms with Crippen LogP contribution < -0.4 is 9.80 Å². The van der Waals surface area contributed by atoms with Crippen LogP contribution in [-0.4, -0.2) is 82.1 Å². The number of nitrogens with zero attached hydrogens (tertiary/aromatic N) is 8. The van der Waals surface area contributed by atoms with Crippen LogP contribution in [-0.2, 0) is 12.7 Å². The van der Waals surface area contributed by atoms with Gasteiger partial charge in [-0.05, 0) is 87.8 Å². The summed E-state index contributed by atoms with van der Waals surface area (Å²) in [5.74, 6) is 1.40. The van der Waals surface area contributed by atoms with Crippen LogP contribution in [0.15, 0.2) is 79.4 Å². The first-order valence-corrected chi connectivity index (χ1v) is 15.5. The Morgan fingerprint density at radius 2 is 1.53 bits per heavy atom. The van der Waals surface area contributed by atoms with E-state index in [0.29, 0.717) is 29.8 Å². The monoisotopic (exact) mass is 616 g/mol. The second-order valence-electron chi connectivity index (χ2n) is 12.0. The van der Waals surface area contributed by atoms with Crippen LogP contribution in [0.1, 0.15) is 36.8 Å². The zero-order valence-corrected chi connectivity index (χ0v) is 25.7. The van der Waals surface area contributed by atoms with Crippen LogP contribution in [0.5, 0.6) is 0 Å². The highest BCUT2D eigenvalue weighted by Gasteiger charge is 2.32. The molecule has 1 aromatic carbocycles. The molecule has 2 saturated heterocycles. The molecule has 2 aliphatic heterocycles. The van der Waals surface area contributed by atoms with Crippen molar-refractivity contribution in [1.82, 2.24) is 29.7 Å². The van der Waals surface area contributed by atoms with E-state index in [1.165, 1.54) is 25.0 Å². The number of halogens is 3. The Bertz CT molecular complexity index is 1520. The van der Waals surface area contributed by atoms with Gasteiger partial charge in [-0.3, -0.25) is 4.98 Å². The van der Waals surface area contributed by atoms with E-state index in [2.05, 4.69) is 37.8 Å². The number of benzene rings is 1. The molecule has 2 aliphatic rings. The number of alkyl halides is 3. The van der Waals surface area contributed by atoms with Gasteiger partial charge in [-0.2, -0.15) is 13.2 Å². The van der Waals surface area contributed by atoms with E-state index < -0.39 is 11.7 Å². The summed E-state index contributed by atoms with van der Waals surface area (Å²) in [5.41, 5.74) is 2.56. The van der Waals surface area contributed by atoms with E-state index in [0.717, 1.165) is 68.2 Å². The molecule has 5 heterocycles. The number of likely N-dealkylation sites (tertiary alicyclic amines) is 2. The summed E-state index contributed by atoms with van der Waals surface area (Å²) in [6, 6.07) is 15.7. The molecule has 4 aromatic rings. The SMILES string of the molecule is CN1CCC(N2CCC(N(Cc3ccc(N(C)c4ccncc4)nc3)c3nccc(-c4ccc(C(F)(F)F)cc4)n3)CC2)CC1. The van der Waals surface area contributed by atoms with Crippen molar-refractivity contribution < 1.29 is 13.2 Å². The molecule has 0 radical (unpaired) electrons. The van der Waals surface area contributed by atoms with E-state index in [-0.39, 0.29) is 6.04 Å². The first-order valence-electron chi connectivity index (χ1n) is 15.5. The van der Waals surface area contributed by atoms with Crippen molar-refractivity contribution in [2.24, 2.45) is 0 Å². The minimum Gasteiger partial charge on any atom is -0.333 e. The first kappa shape index (κ1) is 30.9. The lowest BCUT2D eigenvalue weighted by molar-refractivity contribution is -0.137. The van der Waals surface area contributed by atoms with Gasteiger partial charge in [0.25, 0.3) is 0 Å². The molecule has 0 N–H and O–H groups in total. The number of aromatic nitrogens is 4. The van der Waals surface area contributed by atoms with Gasteiger partial charge in [-0.1, -0.05) is 18.2 Å². The molecule has 8 nitrogen and oxygen atoms in total. The van der Waals surface area contributed by atoms with Gasteiger partial charge in [0.15, 0.2) is 0 Å². The highest BCUT2D eigenvalue weighted by Crippen LogP contribution is 2.32. The Morgan fingerprint density at radius 1 is 0.822 bits per heavy atom. The molecule has 0 bridgehead atoms. The molecule has 2 fully saturated rings. The minimum atomic E-state index is -4.38. The topological polar surface area (TPSA) is 64.5 Å². The van der Waals surface area contributed by atoms with E-state index >= 15 is 0 Å². The standard InChI is InChI=1S/C34H39F3N8/c1-42-19-12-29(13-20-42)44-21-14-30(15-22-44)45(24-25-3-8-32(40-23-25)43(2)28-9-16-38-17-10-28)33-39-18-11-31(41-33)26-4-6-27(7-5-26)34(35,36)37/h3-11,16-18,23,29-30H,12-15,19-22,24H2,1-2H3. The van der Waals surface area contributed by atoms with E-state index in [4.69, 9.17) is 9.97 Å². The predicted molar refractivity (Wildman–Crippen MR) is 170 cm³/mol. The van der Waals surface area contributed by atoms with Crippen molar-refractivity contribution in [3.63, 3.8) is 0 Å². The summed E-state index contributed by atoms with van der Waals surface area (Å²) >= 11 is 0. The third-order valence-electron chi connectivity index (χ3n) is 9.11. The molecule has 6 rings (SSSR count). The van der Waals surface area contributed by atoms with Crippen LogP contribution >= 0.6 is 0 Å². The Balaban J connectivity index is 1.23. The smallest absolute Gasteiger partial charge is 0.333 e. The van der Waals surface area contributed by atoms with Gasteiger partial charge in [0.2, 0.25) is 5.95 Å². The lowest BCUT2D eigenvalue weighted by Crippen LogP contribution is -2.51. The lowest BCUT2D eigenvalue weighted by Gasteiger charge is -2.43. The molecule has 45 heavy (non-hydrogen) atoms. The fourth-order valence-electron chi connectivity index (χ4n) is 6.37. The van der Waals surface area contributed by atoms with Crippen LogP contribution in [0.2, 0.25) is 0 Å². The maximum absolute atomic E-state index is 13.2. The maximum atomic E-state index is 13.2. The average molecular weight is 617 g/mol. The highest BCUT2D eigenvalue weighted by molar-refractivity contribution is 5.61. The van der Waals surface area contributed by atoms with Gasteiger partial charge < -0.3 is 19.6 Å². The fourth-order valence-corrected chi connectivity index (χ4v) is 6.37. The zero-order valence-electron chi connectivity index (χ0n) is 25.7. The molecule has 11 heteroatoms. The molecular formula is C34H39F3N8. The van der Waals surface area contributed by atoms with Crippen molar-refractivity contribution in [2.45, 2.75) is 50.5 Å². The molecule has 0 unspecified atom stereocenters. The van der Waals surface area contributed by atoms with E-state index in [9.17, 15) is 13.2 Å². The van der Waals surface area contributed by atoms with E-state index in [1.54, 1.807) is 24.7 Å². The van der Waals surface area contributed by atoms with Crippen LogP contribution in [0, 0.1) is 0 Å². The van der Waals surface area contributed by atoms with Gasteiger partial charge in [0.05, 0.1) is 11.3 Å². The molecule has 0 spiro atoms. The van der Waals surface area contributed by atoms with Crippen LogP contribution in [0.3, 0.4) is 0 Å². The maximum Gasteiger partial charge on any atom is 0.416 e. The highest BCUT2D eigenvalue weighted by atomic mass is 19.4. The largest absolute Gasteiger partial charge is 0.416 e. The van der Waals surface area contributed by atoms with Crippen LogP contribution in [0.4, 0.5) is 30.6 Å². The number of pyridine rings is 2. The first-order chi connectivity index (χ1) is 21.7. The Kier molecular flexibility index (Phi) is 9.27. The van der Waals surface area contributed by atoms with Crippen molar-refractivity contribution in [1.29, 1.82) is 0 Å². The summed E-state index contributed by atoms with van der Waals surface area (Å²) in [6.45, 7) is 4.88. The summed E-state index contributed by atoms with van der Waals surface area (Å²) < 4.78 is 39.5. The summed E-state index contributed by atoms with van der Waals surface area (Å²) in [5, 5.41) is 0. The second-order valence-corrected chi connectivity index (χ2v) is 12.0. The van der Waals surface area contributed by atoms with Crippen molar-refractivity contribution in [2.75, 3.05) is 50.1 Å². The predicted octanol–water partition coefficient (Wildman–Crippen LogP) is 6.29. The van der Waals surface area contributed by atoms with E-state index in [1.807, 2.05) is 36.3 Å². The number of hydrogen-bond acceptors (Lipinski definition) is 8. The molecule has 0 aliphatic carbocycles. The Hall–Kier alpha value is -4.09. The quantitative estimate of drug-likeness (QED) is 0.229. The van der Waals surface area contributed by atoms with Gasteiger partial charge in [-0.15, -0.1) is 0 Å². The number of hydrogen-bond donors (Lipinski definition) is 0. The summed E-state index contributed by atoms with van der Waals surface area (Å²) in [7, 11) is 4.17. The fraction of sp³-hybridized carbons (Fsp3) is 0.412. The number of anilines is 3. The molecule has 236 valence electrons. The number of piperidine rings is 2. The van der Waals surface area contributed by atoms with Crippen molar-refractivity contribution in [3.8, 4) is 11.3 Å². The third kappa shape index (κ3) is 7.42.